The van der Waals surface area contributed by atoms with Crippen LogP contribution in [0.15, 0.2) is 4.79 Å². The summed E-state index contributed by atoms with van der Waals surface area (Å²) < 4.78 is 3.42. The molecule has 6 nitrogen and oxygen atoms in total. The monoisotopic (exact) mass is 292 g/mol. The van der Waals surface area contributed by atoms with E-state index in [0.29, 0.717) is 12.0 Å². The van der Waals surface area contributed by atoms with Crippen molar-refractivity contribution in [1.82, 2.24) is 19.2 Å². The lowest BCUT2D eigenvalue weighted by Gasteiger charge is -2.31. The van der Waals surface area contributed by atoms with Crippen LogP contribution >= 0.6 is 0 Å². The fraction of sp³-hybridized carbons (Fsp3) is 0.800. The van der Waals surface area contributed by atoms with Gasteiger partial charge in [-0.15, -0.1) is 0 Å². The maximum atomic E-state index is 12.4. The number of piperidine rings is 1. The van der Waals surface area contributed by atoms with Crippen molar-refractivity contribution in [3.8, 4) is 0 Å². The van der Waals surface area contributed by atoms with Crippen LogP contribution in [0.4, 0.5) is 0 Å². The first kappa shape index (κ1) is 14.4. The second-order valence-electron chi connectivity index (χ2n) is 6.35. The van der Waals surface area contributed by atoms with Gasteiger partial charge in [-0.05, 0) is 25.7 Å². The van der Waals surface area contributed by atoms with E-state index in [1.54, 1.807) is 14.0 Å². The molecule has 1 aromatic rings. The largest absolute Gasteiger partial charge is 0.345 e. The lowest BCUT2D eigenvalue weighted by atomic mass is 9.95. The highest BCUT2D eigenvalue weighted by Gasteiger charge is 2.30. The van der Waals surface area contributed by atoms with Gasteiger partial charge in [-0.1, -0.05) is 12.8 Å². The van der Waals surface area contributed by atoms with E-state index in [1.165, 1.54) is 17.5 Å². The molecule has 0 radical (unpaired) electrons. The van der Waals surface area contributed by atoms with Crippen LogP contribution in [0.2, 0.25) is 0 Å². The number of likely N-dealkylation sites (tertiary alicyclic amines) is 1. The van der Waals surface area contributed by atoms with Gasteiger partial charge in [0.05, 0.1) is 0 Å². The zero-order valence-electron chi connectivity index (χ0n) is 12.9. The van der Waals surface area contributed by atoms with Crippen LogP contribution in [0.3, 0.4) is 0 Å². The van der Waals surface area contributed by atoms with Crippen molar-refractivity contribution < 1.29 is 4.79 Å². The van der Waals surface area contributed by atoms with Gasteiger partial charge in [0.25, 0.3) is 0 Å². The number of carbonyl (C=O) groups excluding carboxylic acids is 1. The first-order chi connectivity index (χ1) is 10.1. The van der Waals surface area contributed by atoms with Crippen molar-refractivity contribution in [1.29, 1.82) is 0 Å². The third-order valence-electron chi connectivity index (χ3n) is 4.98. The lowest BCUT2D eigenvalue weighted by molar-refractivity contribution is -0.129. The number of amides is 1. The van der Waals surface area contributed by atoms with Crippen LogP contribution in [-0.4, -0.2) is 38.2 Å². The summed E-state index contributed by atoms with van der Waals surface area (Å²) >= 11 is 0. The van der Waals surface area contributed by atoms with Gasteiger partial charge in [-0.3, -0.25) is 9.36 Å². The number of aromatic nitrogens is 3. The molecule has 1 saturated carbocycles. The third kappa shape index (κ3) is 2.63. The van der Waals surface area contributed by atoms with Gasteiger partial charge in [-0.2, -0.15) is 5.10 Å². The second-order valence-corrected chi connectivity index (χ2v) is 6.35. The van der Waals surface area contributed by atoms with E-state index in [-0.39, 0.29) is 11.6 Å². The number of aryl methyl sites for hydroxylation is 1. The summed E-state index contributed by atoms with van der Waals surface area (Å²) in [7, 11) is 1.74. The fourth-order valence-corrected chi connectivity index (χ4v) is 3.74. The highest BCUT2D eigenvalue weighted by atomic mass is 16.2. The Morgan fingerprint density at radius 2 is 1.76 bits per heavy atom. The molecule has 0 spiro atoms. The van der Waals surface area contributed by atoms with Crippen molar-refractivity contribution in [2.75, 3.05) is 13.1 Å². The van der Waals surface area contributed by atoms with Crippen LogP contribution < -0.4 is 5.69 Å². The Labute approximate surface area is 124 Å². The summed E-state index contributed by atoms with van der Waals surface area (Å²) in [5.74, 6) is 1.38. The molecule has 0 aromatic carbocycles. The minimum atomic E-state index is 0.0193. The van der Waals surface area contributed by atoms with Crippen molar-refractivity contribution in [2.24, 2.45) is 7.05 Å². The summed E-state index contributed by atoms with van der Waals surface area (Å²) in [6, 6.07) is 0.326. The Bertz CT molecular complexity index is 575. The van der Waals surface area contributed by atoms with E-state index in [1.807, 2.05) is 9.47 Å². The Morgan fingerprint density at radius 3 is 2.33 bits per heavy atom. The molecule has 2 fully saturated rings. The number of hydrogen-bond donors (Lipinski definition) is 0. The molecular formula is C15H24N4O2. The normalized spacial score (nSPS) is 21.1. The molecule has 1 saturated heterocycles. The summed E-state index contributed by atoms with van der Waals surface area (Å²) in [6.07, 6.45) is 6.39. The Hall–Kier alpha value is -1.59. The fourth-order valence-electron chi connectivity index (χ4n) is 3.74. The van der Waals surface area contributed by atoms with Gasteiger partial charge in [0.1, 0.15) is 5.82 Å². The van der Waals surface area contributed by atoms with Crippen LogP contribution in [-0.2, 0) is 11.8 Å². The van der Waals surface area contributed by atoms with E-state index in [2.05, 4.69) is 5.10 Å². The molecule has 21 heavy (non-hydrogen) atoms. The summed E-state index contributed by atoms with van der Waals surface area (Å²) in [5.41, 5.74) is 0.0193. The van der Waals surface area contributed by atoms with Gasteiger partial charge in [0, 0.05) is 39.0 Å². The molecule has 3 rings (SSSR count). The molecule has 1 aliphatic carbocycles. The number of nitrogens with zero attached hydrogens (tertiary/aromatic N) is 4. The number of rotatable bonds is 2. The lowest BCUT2D eigenvalue weighted by Crippen LogP contribution is -2.37. The van der Waals surface area contributed by atoms with E-state index in [0.717, 1.165) is 44.6 Å². The predicted molar refractivity (Wildman–Crippen MR) is 79.2 cm³/mol. The molecule has 0 bridgehead atoms. The SMILES string of the molecule is CC(=O)N1CCC(c2nn(C)c(=O)n2C2CCCC2)CC1. The summed E-state index contributed by atoms with van der Waals surface area (Å²) in [5, 5.41) is 4.51. The van der Waals surface area contributed by atoms with Gasteiger partial charge >= 0.3 is 5.69 Å². The quantitative estimate of drug-likeness (QED) is 0.828. The van der Waals surface area contributed by atoms with Crippen molar-refractivity contribution in [3.63, 3.8) is 0 Å². The maximum Gasteiger partial charge on any atom is 0.345 e. The average Bonchev–Trinajstić information content (AvgIpc) is 3.08. The zero-order chi connectivity index (χ0) is 15.0. The minimum absolute atomic E-state index is 0.0193. The zero-order valence-corrected chi connectivity index (χ0v) is 12.9. The van der Waals surface area contributed by atoms with Crippen molar-refractivity contribution in [2.45, 2.75) is 57.4 Å². The molecular weight excluding hydrogens is 268 g/mol. The van der Waals surface area contributed by atoms with E-state index in [9.17, 15) is 9.59 Å². The van der Waals surface area contributed by atoms with Gasteiger partial charge in [0.2, 0.25) is 5.91 Å². The average molecular weight is 292 g/mol. The van der Waals surface area contributed by atoms with Crippen LogP contribution in [0.5, 0.6) is 0 Å². The minimum Gasteiger partial charge on any atom is -0.343 e. The Balaban J connectivity index is 1.84. The Morgan fingerprint density at radius 1 is 1.14 bits per heavy atom. The molecule has 1 aliphatic heterocycles. The standard InChI is InChI=1S/C15H24N4O2/c1-11(20)18-9-7-12(8-10-18)14-16-17(2)15(21)19(14)13-5-3-4-6-13/h12-13H,3-10H2,1-2H3. The highest BCUT2D eigenvalue weighted by Crippen LogP contribution is 2.33. The predicted octanol–water partition coefficient (Wildman–Crippen LogP) is 1.42. The highest BCUT2D eigenvalue weighted by molar-refractivity contribution is 5.73. The smallest absolute Gasteiger partial charge is 0.343 e. The molecule has 1 aromatic heterocycles. The number of hydrogen-bond acceptors (Lipinski definition) is 3. The molecule has 0 N–H and O–H groups in total. The second kappa shape index (κ2) is 5.66. The Kier molecular flexibility index (Phi) is 3.87. The maximum absolute atomic E-state index is 12.4. The van der Waals surface area contributed by atoms with Gasteiger partial charge in [0.15, 0.2) is 0 Å². The van der Waals surface area contributed by atoms with Crippen LogP contribution in [0.25, 0.3) is 0 Å². The first-order valence-corrected chi connectivity index (χ1v) is 7.99. The number of carbonyl (C=O) groups is 1. The molecule has 0 unspecified atom stereocenters. The molecule has 6 heteroatoms. The molecule has 2 heterocycles. The van der Waals surface area contributed by atoms with Crippen LogP contribution in [0, 0.1) is 0 Å². The first-order valence-electron chi connectivity index (χ1n) is 7.99. The molecule has 116 valence electrons. The topological polar surface area (TPSA) is 60.1 Å². The van der Waals surface area contributed by atoms with Crippen LogP contribution in [0.1, 0.15) is 63.2 Å². The molecule has 0 atom stereocenters. The van der Waals surface area contributed by atoms with Crippen molar-refractivity contribution in [3.05, 3.63) is 16.3 Å². The molecule has 1 amide bonds. The van der Waals surface area contributed by atoms with E-state index < -0.39 is 0 Å². The van der Waals surface area contributed by atoms with Gasteiger partial charge in [-0.25, -0.2) is 9.48 Å². The van der Waals surface area contributed by atoms with E-state index >= 15 is 0 Å². The third-order valence-corrected chi connectivity index (χ3v) is 4.98. The molecule has 2 aliphatic rings. The van der Waals surface area contributed by atoms with Gasteiger partial charge < -0.3 is 4.90 Å². The summed E-state index contributed by atoms with van der Waals surface area (Å²) in [4.78, 5) is 25.7. The van der Waals surface area contributed by atoms with Crippen molar-refractivity contribution >= 4 is 5.91 Å². The van der Waals surface area contributed by atoms with E-state index in [4.69, 9.17) is 0 Å². The summed E-state index contributed by atoms with van der Waals surface area (Å²) in [6.45, 7) is 3.17.